The van der Waals surface area contributed by atoms with Crippen LogP contribution in [0.3, 0.4) is 0 Å². The number of hydrogen-bond acceptors (Lipinski definition) is 2. The standard InChI is InChI=1S/C14H11NO/c1-16-14-9-13(10-15-11-14)8-7-12-5-3-2-4-6-12/h2-6,9-11H,1H3. The number of hydrogen-bond donors (Lipinski definition) is 0. The minimum atomic E-state index is 0.722. The Hall–Kier alpha value is -2.27. The molecule has 0 fully saturated rings. The summed E-state index contributed by atoms with van der Waals surface area (Å²) in [4.78, 5) is 4.04. The second kappa shape index (κ2) is 4.99. The fourth-order valence-corrected chi connectivity index (χ4v) is 1.26. The van der Waals surface area contributed by atoms with Gasteiger partial charge in [-0.15, -0.1) is 0 Å². The molecule has 0 saturated heterocycles. The molecule has 2 heteroatoms. The number of ether oxygens (including phenoxy) is 1. The van der Waals surface area contributed by atoms with Crippen LogP contribution in [-0.2, 0) is 0 Å². The first kappa shape index (κ1) is 10.3. The first-order chi connectivity index (χ1) is 7.88. The second-order valence-corrected chi connectivity index (χ2v) is 3.23. The molecule has 0 saturated carbocycles. The number of rotatable bonds is 1. The summed E-state index contributed by atoms with van der Waals surface area (Å²) >= 11 is 0. The summed E-state index contributed by atoms with van der Waals surface area (Å²) in [6.07, 6.45) is 3.38. The van der Waals surface area contributed by atoms with Crippen molar-refractivity contribution in [1.29, 1.82) is 0 Å². The van der Waals surface area contributed by atoms with Crippen LogP contribution in [0.25, 0.3) is 0 Å². The van der Waals surface area contributed by atoms with Gasteiger partial charge >= 0.3 is 0 Å². The highest BCUT2D eigenvalue weighted by molar-refractivity contribution is 5.43. The maximum absolute atomic E-state index is 5.08. The van der Waals surface area contributed by atoms with Crippen molar-refractivity contribution < 1.29 is 4.74 Å². The average molecular weight is 209 g/mol. The molecule has 1 heterocycles. The molecular formula is C14H11NO. The van der Waals surface area contributed by atoms with E-state index in [1.807, 2.05) is 36.4 Å². The van der Waals surface area contributed by atoms with E-state index in [1.165, 1.54) is 0 Å². The predicted molar refractivity (Wildman–Crippen MR) is 63.2 cm³/mol. The smallest absolute Gasteiger partial charge is 0.138 e. The maximum atomic E-state index is 5.08. The summed E-state index contributed by atoms with van der Waals surface area (Å²) in [6.45, 7) is 0. The van der Waals surface area contributed by atoms with Crippen molar-refractivity contribution in [1.82, 2.24) is 4.98 Å². The van der Waals surface area contributed by atoms with Gasteiger partial charge < -0.3 is 4.74 Å². The lowest BCUT2D eigenvalue weighted by molar-refractivity contribution is 0.413. The summed E-state index contributed by atoms with van der Waals surface area (Å²) in [6, 6.07) is 11.7. The predicted octanol–water partition coefficient (Wildman–Crippen LogP) is 2.49. The normalized spacial score (nSPS) is 9.06. The Balaban J connectivity index is 2.24. The topological polar surface area (TPSA) is 22.1 Å². The first-order valence-corrected chi connectivity index (χ1v) is 4.94. The van der Waals surface area contributed by atoms with E-state index >= 15 is 0 Å². The summed E-state index contributed by atoms with van der Waals surface area (Å²) in [5, 5.41) is 0. The molecule has 2 nitrogen and oxygen atoms in total. The highest BCUT2D eigenvalue weighted by atomic mass is 16.5. The van der Waals surface area contributed by atoms with Crippen LogP contribution in [0.4, 0.5) is 0 Å². The number of pyridine rings is 1. The lowest BCUT2D eigenvalue weighted by Gasteiger charge is -1.97. The van der Waals surface area contributed by atoms with Gasteiger partial charge in [-0.2, -0.15) is 0 Å². The van der Waals surface area contributed by atoms with Crippen LogP contribution >= 0.6 is 0 Å². The van der Waals surface area contributed by atoms with Gasteiger partial charge in [0.1, 0.15) is 5.75 Å². The third kappa shape index (κ3) is 2.61. The number of methoxy groups -OCH3 is 1. The van der Waals surface area contributed by atoms with E-state index in [4.69, 9.17) is 4.74 Å². The molecule has 0 spiro atoms. The Morgan fingerprint density at radius 2 is 1.75 bits per heavy atom. The van der Waals surface area contributed by atoms with Crippen LogP contribution in [0.2, 0.25) is 0 Å². The highest BCUT2D eigenvalue weighted by Gasteiger charge is 1.92. The Bertz CT molecular complexity index is 523. The van der Waals surface area contributed by atoms with Crippen LogP contribution in [-0.4, -0.2) is 12.1 Å². The van der Waals surface area contributed by atoms with Crippen molar-refractivity contribution in [2.24, 2.45) is 0 Å². The van der Waals surface area contributed by atoms with Crippen molar-refractivity contribution in [3.63, 3.8) is 0 Å². The van der Waals surface area contributed by atoms with Gasteiger partial charge in [0.2, 0.25) is 0 Å². The molecule has 2 aromatic rings. The third-order valence-electron chi connectivity index (χ3n) is 2.07. The van der Waals surface area contributed by atoms with Crippen LogP contribution in [0.15, 0.2) is 48.8 Å². The van der Waals surface area contributed by atoms with E-state index in [2.05, 4.69) is 16.8 Å². The zero-order valence-corrected chi connectivity index (χ0v) is 8.97. The minimum absolute atomic E-state index is 0.722. The molecular weight excluding hydrogens is 198 g/mol. The van der Waals surface area contributed by atoms with E-state index in [9.17, 15) is 0 Å². The molecule has 0 aliphatic carbocycles. The molecule has 2 rings (SSSR count). The van der Waals surface area contributed by atoms with Crippen LogP contribution in [0.1, 0.15) is 11.1 Å². The SMILES string of the molecule is COc1cncc(C#Cc2ccccc2)c1. The van der Waals surface area contributed by atoms with E-state index in [1.54, 1.807) is 19.5 Å². The molecule has 1 aromatic carbocycles. The van der Waals surface area contributed by atoms with Crippen molar-refractivity contribution in [2.45, 2.75) is 0 Å². The van der Waals surface area contributed by atoms with Crippen molar-refractivity contribution >= 4 is 0 Å². The summed E-state index contributed by atoms with van der Waals surface area (Å²) in [7, 11) is 1.62. The zero-order valence-electron chi connectivity index (χ0n) is 8.97. The van der Waals surface area contributed by atoms with Gasteiger partial charge in [-0.25, -0.2) is 0 Å². The Morgan fingerprint density at radius 3 is 2.50 bits per heavy atom. The second-order valence-electron chi connectivity index (χ2n) is 3.23. The van der Waals surface area contributed by atoms with Crippen LogP contribution < -0.4 is 4.74 Å². The number of nitrogens with zero attached hydrogens (tertiary/aromatic N) is 1. The molecule has 0 atom stereocenters. The van der Waals surface area contributed by atoms with Gasteiger partial charge in [-0.3, -0.25) is 4.98 Å². The van der Waals surface area contributed by atoms with Gasteiger partial charge in [-0.1, -0.05) is 30.0 Å². The fourth-order valence-electron chi connectivity index (χ4n) is 1.26. The fraction of sp³-hybridized carbons (Fsp3) is 0.0714. The summed E-state index contributed by atoms with van der Waals surface area (Å²) in [5.74, 6) is 6.83. The van der Waals surface area contributed by atoms with Crippen molar-refractivity contribution in [3.8, 4) is 17.6 Å². The van der Waals surface area contributed by atoms with Gasteiger partial charge in [0, 0.05) is 17.3 Å². The lowest BCUT2D eigenvalue weighted by atomic mass is 10.2. The molecule has 0 radical (unpaired) electrons. The molecule has 0 unspecified atom stereocenters. The number of aromatic nitrogens is 1. The van der Waals surface area contributed by atoms with Crippen molar-refractivity contribution in [2.75, 3.05) is 7.11 Å². The van der Waals surface area contributed by atoms with E-state index in [0.29, 0.717) is 0 Å². The molecule has 78 valence electrons. The largest absolute Gasteiger partial charge is 0.495 e. The van der Waals surface area contributed by atoms with Crippen LogP contribution in [0, 0.1) is 11.8 Å². The summed E-state index contributed by atoms with van der Waals surface area (Å²) < 4.78 is 5.08. The Kier molecular flexibility index (Phi) is 3.20. The minimum Gasteiger partial charge on any atom is -0.495 e. The van der Waals surface area contributed by atoms with E-state index in [0.717, 1.165) is 16.9 Å². The van der Waals surface area contributed by atoms with Gasteiger partial charge in [0.15, 0.2) is 0 Å². The Labute approximate surface area is 94.9 Å². The first-order valence-electron chi connectivity index (χ1n) is 4.94. The van der Waals surface area contributed by atoms with E-state index < -0.39 is 0 Å². The van der Waals surface area contributed by atoms with Crippen molar-refractivity contribution in [3.05, 3.63) is 59.9 Å². The molecule has 0 N–H and O–H groups in total. The molecule has 1 aromatic heterocycles. The maximum Gasteiger partial charge on any atom is 0.138 e. The zero-order chi connectivity index (χ0) is 11.2. The van der Waals surface area contributed by atoms with Gasteiger partial charge in [-0.05, 0) is 18.2 Å². The molecule has 0 aliphatic rings. The molecule has 16 heavy (non-hydrogen) atoms. The molecule has 0 bridgehead atoms. The monoisotopic (exact) mass is 209 g/mol. The molecule has 0 amide bonds. The van der Waals surface area contributed by atoms with E-state index in [-0.39, 0.29) is 0 Å². The van der Waals surface area contributed by atoms with Crippen LogP contribution in [0.5, 0.6) is 5.75 Å². The molecule has 0 aliphatic heterocycles. The third-order valence-corrected chi connectivity index (χ3v) is 2.07. The average Bonchev–Trinajstić information content (AvgIpc) is 2.38. The van der Waals surface area contributed by atoms with Gasteiger partial charge in [0.05, 0.1) is 13.3 Å². The quantitative estimate of drug-likeness (QED) is 0.673. The number of benzene rings is 1. The Morgan fingerprint density at radius 1 is 1.00 bits per heavy atom. The lowest BCUT2D eigenvalue weighted by Crippen LogP contribution is -1.85. The summed E-state index contributed by atoms with van der Waals surface area (Å²) in [5.41, 5.74) is 1.84. The van der Waals surface area contributed by atoms with Gasteiger partial charge in [0.25, 0.3) is 0 Å². The highest BCUT2D eigenvalue weighted by Crippen LogP contribution is 2.09.